The standard InChI is InChI=1S/C24H25N3O5S/c1-16-10-11-19(33(30,31)26(2)3)14-20(16)25-23(28)21-13-17-7-4-5-8-18(17)15-27(21)24(29)22-9-6-12-32-22/h4-12,14,21H,13,15H2,1-3H3,(H,25,28)/t21-/m0/s1. The Kier molecular flexibility index (Phi) is 6.09. The highest BCUT2D eigenvalue weighted by atomic mass is 32.2. The van der Waals surface area contributed by atoms with Crippen LogP contribution in [0.1, 0.15) is 27.2 Å². The number of nitrogens with zero attached hydrogens (tertiary/aromatic N) is 2. The fourth-order valence-corrected chi connectivity index (χ4v) is 4.76. The fourth-order valence-electron chi connectivity index (χ4n) is 3.84. The average molecular weight is 468 g/mol. The zero-order valence-electron chi connectivity index (χ0n) is 18.6. The number of rotatable bonds is 5. The summed E-state index contributed by atoms with van der Waals surface area (Å²) in [6.07, 6.45) is 1.75. The van der Waals surface area contributed by atoms with Crippen molar-refractivity contribution >= 4 is 27.5 Å². The van der Waals surface area contributed by atoms with E-state index in [0.717, 1.165) is 15.4 Å². The molecule has 2 heterocycles. The van der Waals surface area contributed by atoms with E-state index in [9.17, 15) is 18.0 Å². The van der Waals surface area contributed by atoms with Crippen molar-refractivity contribution in [2.45, 2.75) is 30.8 Å². The van der Waals surface area contributed by atoms with Crippen molar-refractivity contribution in [1.82, 2.24) is 9.21 Å². The molecule has 8 nitrogen and oxygen atoms in total. The van der Waals surface area contributed by atoms with Gasteiger partial charge in [0.25, 0.3) is 5.91 Å². The molecule has 0 bridgehead atoms. The van der Waals surface area contributed by atoms with E-state index in [4.69, 9.17) is 4.42 Å². The molecule has 1 aliphatic rings. The molecular formula is C24H25N3O5S. The van der Waals surface area contributed by atoms with Gasteiger partial charge in [-0.3, -0.25) is 9.59 Å². The smallest absolute Gasteiger partial charge is 0.290 e. The Morgan fingerprint density at radius 2 is 1.79 bits per heavy atom. The average Bonchev–Trinajstić information content (AvgIpc) is 3.34. The monoisotopic (exact) mass is 467 g/mol. The van der Waals surface area contributed by atoms with Crippen molar-refractivity contribution in [3.63, 3.8) is 0 Å². The molecule has 2 amide bonds. The lowest BCUT2D eigenvalue weighted by Gasteiger charge is -2.35. The zero-order chi connectivity index (χ0) is 23.8. The molecule has 3 aromatic rings. The van der Waals surface area contributed by atoms with Crippen LogP contribution < -0.4 is 5.32 Å². The van der Waals surface area contributed by atoms with Gasteiger partial charge in [-0.25, -0.2) is 12.7 Å². The quantitative estimate of drug-likeness (QED) is 0.622. The van der Waals surface area contributed by atoms with Crippen LogP contribution in [-0.2, 0) is 27.8 Å². The highest BCUT2D eigenvalue weighted by Crippen LogP contribution is 2.27. The van der Waals surface area contributed by atoms with Crippen LogP contribution in [0.5, 0.6) is 0 Å². The highest BCUT2D eigenvalue weighted by Gasteiger charge is 2.36. The van der Waals surface area contributed by atoms with Gasteiger partial charge in [0, 0.05) is 32.7 Å². The van der Waals surface area contributed by atoms with Crippen LogP contribution in [0.15, 0.2) is 70.2 Å². The topological polar surface area (TPSA) is 99.9 Å². The molecule has 1 aliphatic heterocycles. The molecule has 172 valence electrons. The van der Waals surface area contributed by atoms with Gasteiger partial charge in [0.15, 0.2) is 5.76 Å². The molecule has 0 saturated heterocycles. The number of anilines is 1. The summed E-state index contributed by atoms with van der Waals surface area (Å²) < 4.78 is 31.5. The van der Waals surface area contributed by atoms with Crippen LogP contribution >= 0.6 is 0 Å². The predicted octanol–water partition coefficient (Wildman–Crippen LogP) is 3.04. The lowest BCUT2D eigenvalue weighted by Crippen LogP contribution is -2.50. The lowest BCUT2D eigenvalue weighted by atomic mass is 9.93. The molecule has 2 aromatic carbocycles. The maximum atomic E-state index is 13.4. The van der Waals surface area contributed by atoms with E-state index in [0.29, 0.717) is 17.7 Å². The minimum Gasteiger partial charge on any atom is -0.459 e. The summed E-state index contributed by atoms with van der Waals surface area (Å²) in [6, 6.07) is 14.7. The third-order valence-electron chi connectivity index (χ3n) is 5.79. The molecular weight excluding hydrogens is 442 g/mol. The van der Waals surface area contributed by atoms with Gasteiger partial charge in [-0.1, -0.05) is 30.3 Å². The van der Waals surface area contributed by atoms with E-state index in [1.165, 1.54) is 37.4 Å². The van der Waals surface area contributed by atoms with Crippen molar-refractivity contribution in [2.24, 2.45) is 0 Å². The van der Waals surface area contributed by atoms with Crippen LogP contribution in [0.2, 0.25) is 0 Å². The summed E-state index contributed by atoms with van der Waals surface area (Å²) >= 11 is 0. The van der Waals surface area contributed by atoms with Gasteiger partial charge in [0.1, 0.15) is 6.04 Å². The Balaban J connectivity index is 1.66. The van der Waals surface area contributed by atoms with Gasteiger partial charge in [0.05, 0.1) is 11.2 Å². The normalized spacial score (nSPS) is 15.9. The van der Waals surface area contributed by atoms with E-state index in [-0.39, 0.29) is 23.1 Å². The first-order valence-electron chi connectivity index (χ1n) is 10.4. The van der Waals surface area contributed by atoms with Gasteiger partial charge >= 0.3 is 0 Å². The second kappa shape index (κ2) is 8.84. The molecule has 0 aliphatic carbocycles. The number of carbonyl (C=O) groups excluding carboxylic acids is 2. The van der Waals surface area contributed by atoms with E-state index in [1.807, 2.05) is 24.3 Å². The highest BCUT2D eigenvalue weighted by molar-refractivity contribution is 7.89. The molecule has 0 spiro atoms. The van der Waals surface area contributed by atoms with Gasteiger partial charge in [-0.05, 0) is 47.9 Å². The number of hydrogen-bond donors (Lipinski definition) is 1. The number of carbonyl (C=O) groups is 2. The Morgan fingerprint density at radius 3 is 2.45 bits per heavy atom. The molecule has 0 fully saturated rings. The van der Waals surface area contributed by atoms with Gasteiger partial charge < -0.3 is 14.6 Å². The zero-order valence-corrected chi connectivity index (χ0v) is 19.4. The summed E-state index contributed by atoms with van der Waals surface area (Å²) in [5.41, 5.74) is 3.05. The van der Waals surface area contributed by atoms with E-state index in [1.54, 1.807) is 25.1 Å². The third-order valence-corrected chi connectivity index (χ3v) is 7.60. The Labute approximate surface area is 192 Å². The second-order valence-electron chi connectivity index (χ2n) is 8.15. The van der Waals surface area contributed by atoms with E-state index < -0.39 is 22.0 Å². The summed E-state index contributed by atoms with van der Waals surface area (Å²) in [6.45, 7) is 2.05. The first-order valence-corrected chi connectivity index (χ1v) is 11.9. The largest absolute Gasteiger partial charge is 0.459 e. The molecule has 9 heteroatoms. The number of aryl methyl sites for hydroxylation is 1. The summed E-state index contributed by atoms with van der Waals surface area (Å²) in [5.74, 6) is -0.621. The Hall–Kier alpha value is -3.43. The molecule has 0 saturated carbocycles. The molecule has 4 rings (SSSR count). The molecule has 1 atom stereocenters. The van der Waals surface area contributed by atoms with Crippen molar-refractivity contribution < 1.29 is 22.4 Å². The SMILES string of the molecule is Cc1ccc(S(=O)(=O)N(C)C)cc1NC(=O)[C@@H]1Cc2ccccc2CN1C(=O)c1ccco1. The predicted molar refractivity (Wildman–Crippen MR) is 123 cm³/mol. The minimum absolute atomic E-state index is 0.0749. The van der Waals surface area contributed by atoms with Crippen LogP contribution in [0.4, 0.5) is 5.69 Å². The van der Waals surface area contributed by atoms with Crippen molar-refractivity contribution in [2.75, 3.05) is 19.4 Å². The number of sulfonamides is 1. The molecule has 33 heavy (non-hydrogen) atoms. The van der Waals surface area contributed by atoms with Crippen LogP contribution in [0, 0.1) is 6.92 Å². The Morgan fingerprint density at radius 1 is 1.06 bits per heavy atom. The van der Waals surface area contributed by atoms with Crippen LogP contribution in [-0.4, -0.2) is 49.6 Å². The van der Waals surface area contributed by atoms with Gasteiger partial charge in [-0.15, -0.1) is 0 Å². The number of amides is 2. The maximum Gasteiger partial charge on any atom is 0.290 e. The van der Waals surface area contributed by atoms with Crippen molar-refractivity contribution in [3.05, 3.63) is 83.3 Å². The lowest BCUT2D eigenvalue weighted by molar-refractivity contribution is -0.121. The Bertz CT molecular complexity index is 1300. The van der Waals surface area contributed by atoms with E-state index >= 15 is 0 Å². The number of hydrogen-bond acceptors (Lipinski definition) is 5. The number of furan rings is 1. The first kappa shape index (κ1) is 22.8. The van der Waals surface area contributed by atoms with Crippen molar-refractivity contribution in [3.8, 4) is 0 Å². The number of fused-ring (bicyclic) bond motifs is 1. The third kappa shape index (κ3) is 4.42. The van der Waals surface area contributed by atoms with Gasteiger partial charge in [0.2, 0.25) is 15.9 Å². The summed E-state index contributed by atoms with van der Waals surface area (Å²) in [4.78, 5) is 28.1. The van der Waals surface area contributed by atoms with E-state index in [2.05, 4.69) is 5.32 Å². The minimum atomic E-state index is -3.67. The fraction of sp³-hybridized carbons (Fsp3) is 0.250. The summed E-state index contributed by atoms with van der Waals surface area (Å²) in [5, 5.41) is 2.85. The molecule has 0 radical (unpaired) electrons. The molecule has 1 aromatic heterocycles. The number of nitrogens with one attached hydrogen (secondary N) is 1. The number of benzene rings is 2. The van der Waals surface area contributed by atoms with Crippen LogP contribution in [0.3, 0.4) is 0 Å². The van der Waals surface area contributed by atoms with Crippen molar-refractivity contribution in [1.29, 1.82) is 0 Å². The second-order valence-corrected chi connectivity index (χ2v) is 10.3. The first-order chi connectivity index (χ1) is 15.7. The maximum absolute atomic E-state index is 13.4. The molecule has 0 unspecified atom stereocenters. The van der Waals surface area contributed by atoms with Gasteiger partial charge in [-0.2, -0.15) is 0 Å². The summed E-state index contributed by atoms with van der Waals surface area (Å²) in [7, 11) is -0.767. The molecule has 1 N–H and O–H groups in total. The van der Waals surface area contributed by atoms with Crippen LogP contribution in [0.25, 0.3) is 0 Å².